The summed E-state index contributed by atoms with van der Waals surface area (Å²) >= 11 is 3.70. The van der Waals surface area contributed by atoms with Crippen molar-refractivity contribution in [2.45, 2.75) is 40.7 Å². The maximum absolute atomic E-state index is 3.70. The number of rotatable bonds is 5. The molecule has 1 aromatic rings. The maximum Gasteiger partial charge on any atom is 0.0375 e. The number of nitrogens with zero attached hydrogens (tertiary/aromatic N) is 1. The number of benzene rings is 1. The maximum atomic E-state index is 3.70. The lowest BCUT2D eigenvalue weighted by atomic mass is 9.96. The topological polar surface area (TPSA) is 15.3 Å². The molecule has 0 fully saturated rings. The van der Waals surface area contributed by atoms with Gasteiger partial charge in [-0.2, -0.15) is 0 Å². The zero-order chi connectivity index (χ0) is 14.6. The molecule has 1 aromatic carbocycles. The van der Waals surface area contributed by atoms with E-state index in [-0.39, 0.29) is 0 Å². The van der Waals surface area contributed by atoms with Gasteiger partial charge in [0, 0.05) is 29.8 Å². The van der Waals surface area contributed by atoms with Gasteiger partial charge in [-0.1, -0.05) is 49.7 Å². The van der Waals surface area contributed by atoms with Crippen molar-refractivity contribution in [1.82, 2.24) is 5.32 Å². The first-order valence-electron chi connectivity index (χ1n) is 6.98. The molecule has 1 atom stereocenters. The summed E-state index contributed by atoms with van der Waals surface area (Å²) in [6.07, 6.45) is 0. The van der Waals surface area contributed by atoms with Crippen LogP contribution in [0.5, 0.6) is 0 Å². The Morgan fingerprint density at radius 1 is 1.32 bits per heavy atom. The summed E-state index contributed by atoms with van der Waals surface area (Å²) in [5.74, 6) is 0. The largest absolute Gasteiger partial charge is 0.374 e. The highest BCUT2D eigenvalue weighted by Gasteiger charge is 2.15. The molecule has 0 saturated carbocycles. The van der Waals surface area contributed by atoms with Gasteiger partial charge in [0.25, 0.3) is 0 Å². The van der Waals surface area contributed by atoms with E-state index in [0.29, 0.717) is 11.5 Å². The molecule has 1 unspecified atom stereocenters. The quantitative estimate of drug-likeness (QED) is 0.850. The van der Waals surface area contributed by atoms with Crippen molar-refractivity contribution in [3.05, 3.63) is 28.2 Å². The molecule has 0 aliphatic carbocycles. The highest BCUT2D eigenvalue weighted by molar-refractivity contribution is 9.10. The third-order valence-electron chi connectivity index (χ3n) is 3.11. The van der Waals surface area contributed by atoms with Crippen molar-refractivity contribution in [2.75, 3.05) is 25.0 Å². The molecule has 0 spiro atoms. The fourth-order valence-electron chi connectivity index (χ4n) is 2.32. The number of hydrogen-bond acceptors (Lipinski definition) is 2. The third-order valence-corrected chi connectivity index (χ3v) is 3.80. The van der Waals surface area contributed by atoms with E-state index in [9.17, 15) is 0 Å². The molecular weight excluding hydrogens is 300 g/mol. The molecule has 0 radical (unpaired) electrons. The normalized spacial score (nSPS) is 13.4. The van der Waals surface area contributed by atoms with Crippen molar-refractivity contribution in [3.8, 4) is 0 Å². The van der Waals surface area contributed by atoms with Gasteiger partial charge >= 0.3 is 0 Å². The molecule has 0 heterocycles. The van der Waals surface area contributed by atoms with E-state index in [2.05, 4.69) is 86.0 Å². The van der Waals surface area contributed by atoms with Gasteiger partial charge in [-0.05, 0) is 36.6 Å². The summed E-state index contributed by atoms with van der Waals surface area (Å²) in [6.45, 7) is 13.2. The summed E-state index contributed by atoms with van der Waals surface area (Å²) in [4.78, 5) is 2.31. The SMILES string of the molecule is CCNC(C)c1ccc(N(C)CC(C)(C)C)cc1Br. The summed E-state index contributed by atoms with van der Waals surface area (Å²) in [5, 5.41) is 3.45. The molecule has 3 heteroatoms. The molecule has 0 saturated heterocycles. The van der Waals surface area contributed by atoms with Crippen molar-refractivity contribution in [2.24, 2.45) is 5.41 Å². The predicted octanol–water partition coefficient (Wildman–Crippen LogP) is 4.60. The molecule has 19 heavy (non-hydrogen) atoms. The molecule has 0 amide bonds. The number of hydrogen-bond donors (Lipinski definition) is 1. The molecular formula is C16H27BrN2. The Balaban J connectivity index is 2.87. The molecule has 0 aliphatic heterocycles. The van der Waals surface area contributed by atoms with Crippen LogP contribution in [0.15, 0.2) is 22.7 Å². The summed E-state index contributed by atoms with van der Waals surface area (Å²) in [7, 11) is 2.15. The fourth-order valence-corrected chi connectivity index (χ4v) is 3.03. The minimum atomic E-state index is 0.303. The Morgan fingerprint density at radius 2 is 1.95 bits per heavy atom. The number of nitrogens with one attached hydrogen (secondary N) is 1. The van der Waals surface area contributed by atoms with E-state index < -0.39 is 0 Å². The summed E-state index contributed by atoms with van der Waals surface area (Å²) in [6, 6.07) is 7.02. The smallest absolute Gasteiger partial charge is 0.0375 e. The minimum absolute atomic E-state index is 0.303. The summed E-state index contributed by atoms with van der Waals surface area (Å²) < 4.78 is 1.18. The van der Waals surface area contributed by atoms with Crippen LogP contribution in [0, 0.1) is 5.41 Å². The highest BCUT2D eigenvalue weighted by atomic mass is 79.9. The van der Waals surface area contributed by atoms with Crippen LogP contribution in [0.3, 0.4) is 0 Å². The molecule has 2 nitrogen and oxygen atoms in total. The van der Waals surface area contributed by atoms with Gasteiger partial charge < -0.3 is 10.2 Å². The van der Waals surface area contributed by atoms with Crippen LogP contribution in [-0.2, 0) is 0 Å². The van der Waals surface area contributed by atoms with E-state index in [0.717, 1.165) is 13.1 Å². The van der Waals surface area contributed by atoms with Crippen LogP contribution in [0.2, 0.25) is 0 Å². The van der Waals surface area contributed by atoms with Crippen LogP contribution in [0.1, 0.15) is 46.2 Å². The molecule has 1 N–H and O–H groups in total. The number of halogens is 1. The fraction of sp³-hybridized carbons (Fsp3) is 0.625. The van der Waals surface area contributed by atoms with Crippen LogP contribution in [0.4, 0.5) is 5.69 Å². The van der Waals surface area contributed by atoms with Crippen LogP contribution in [0.25, 0.3) is 0 Å². The second-order valence-corrected chi connectivity index (χ2v) is 7.26. The zero-order valence-electron chi connectivity index (χ0n) is 13.0. The molecule has 1 rings (SSSR count). The molecule has 0 bridgehead atoms. The first-order chi connectivity index (χ1) is 8.74. The average Bonchev–Trinajstić information content (AvgIpc) is 2.26. The lowest BCUT2D eigenvalue weighted by Crippen LogP contribution is -2.29. The Bertz CT molecular complexity index is 410. The van der Waals surface area contributed by atoms with Crippen LogP contribution >= 0.6 is 15.9 Å². The van der Waals surface area contributed by atoms with E-state index in [1.54, 1.807) is 0 Å². The van der Waals surface area contributed by atoms with Gasteiger partial charge in [-0.25, -0.2) is 0 Å². The highest BCUT2D eigenvalue weighted by Crippen LogP contribution is 2.29. The van der Waals surface area contributed by atoms with Gasteiger partial charge in [0.15, 0.2) is 0 Å². The number of anilines is 1. The first kappa shape index (κ1) is 16.5. The molecule has 0 aliphatic rings. The lowest BCUT2D eigenvalue weighted by molar-refractivity contribution is 0.419. The van der Waals surface area contributed by atoms with Gasteiger partial charge in [0.1, 0.15) is 0 Å². The summed E-state index contributed by atoms with van der Waals surface area (Å²) in [5.41, 5.74) is 2.88. The van der Waals surface area contributed by atoms with Gasteiger partial charge in [-0.15, -0.1) is 0 Å². The monoisotopic (exact) mass is 326 g/mol. The minimum Gasteiger partial charge on any atom is -0.374 e. The molecule has 108 valence electrons. The Morgan fingerprint density at radius 3 is 2.42 bits per heavy atom. The predicted molar refractivity (Wildman–Crippen MR) is 89.0 cm³/mol. The standard InChI is InChI=1S/C16H27BrN2/c1-7-18-12(2)14-9-8-13(10-15(14)17)19(6)11-16(3,4)5/h8-10,12,18H,7,11H2,1-6H3. The van der Waals surface area contributed by atoms with E-state index in [1.165, 1.54) is 15.7 Å². The van der Waals surface area contributed by atoms with Gasteiger partial charge in [0.2, 0.25) is 0 Å². The van der Waals surface area contributed by atoms with Crippen molar-refractivity contribution in [1.29, 1.82) is 0 Å². The molecule has 0 aromatic heterocycles. The van der Waals surface area contributed by atoms with Crippen molar-refractivity contribution in [3.63, 3.8) is 0 Å². The van der Waals surface area contributed by atoms with Gasteiger partial charge in [-0.3, -0.25) is 0 Å². The Hall–Kier alpha value is -0.540. The van der Waals surface area contributed by atoms with E-state index in [1.807, 2.05) is 0 Å². The second kappa shape index (κ2) is 6.76. The van der Waals surface area contributed by atoms with Crippen molar-refractivity contribution >= 4 is 21.6 Å². The van der Waals surface area contributed by atoms with Crippen molar-refractivity contribution < 1.29 is 0 Å². The van der Waals surface area contributed by atoms with Gasteiger partial charge in [0.05, 0.1) is 0 Å². The second-order valence-electron chi connectivity index (χ2n) is 6.40. The van der Waals surface area contributed by atoms with Crippen LogP contribution in [-0.4, -0.2) is 20.1 Å². The van der Waals surface area contributed by atoms with E-state index >= 15 is 0 Å². The zero-order valence-corrected chi connectivity index (χ0v) is 14.6. The third kappa shape index (κ3) is 5.15. The lowest BCUT2D eigenvalue weighted by Gasteiger charge is -2.29. The first-order valence-corrected chi connectivity index (χ1v) is 7.78. The Kier molecular flexibility index (Phi) is 5.87. The Labute approximate surface area is 126 Å². The van der Waals surface area contributed by atoms with E-state index in [4.69, 9.17) is 0 Å². The average molecular weight is 327 g/mol. The van der Waals surface area contributed by atoms with Crippen LogP contribution < -0.4 is 10.2 Å².